The van der Waals surface area contributed by atoms with Crippen LogP contribution in [-0.2, 0) is 11.3 Å². The molecular weight excluding hydrogens is 270 g/mol. The first-order valence-corrected chi connectivity index (χ1v) is 6.77. The van der Waals surface area contributed by atoms with Crippen LogP contribution in [0.2, 0.25) is 5.02 Å². The van der Waals surface area contributed by atoms with Gasteiger partial charge in [0.2, 0.25) is 0 Å². The Morgan fingerprint density at radius 1 is 1.56 bits per heavy atom. The minimum absolute atomic E-state index is 0.379. The number of imidazole rings is 1. The van der Waals surface area contributed by atoms with Gasteiger partial charge in [0.1, 0.15) is 0 Å². The molecule has 0 aliphatic carbocycles. The Hall–Kier alpha value is -1.22. The Kier molecular flexibility index (Phi) is 4.48. The zero-order valence-corrected chi connectivity index (χ0v) is 11.5. The van der Waals surface area contributed by atoms with E-state index in [1.807, 2.05) is 18.2 Å². The number of thioether (sulfide) groups is 1. The van der Waals surface area contributed by atoms with Crippen LogP contribution in [0, 0.1) is 11.3 Å². The first kappa shape index (κ1) is 13.2. The van der Waals surface area contributed by atoms with E-state index in [1.54, 1.807) is 7.11 Å². The van der Waals surface area contributed by atoms with Crippen LogP contribution in [0.1, 0.15) is 0 Å². The summed E-state index contributed by atoms with van der Waals surface area (Å²) in [6.07, 6.45) is 0. The van der Waals surface area contributed by atoms with Crippen LogP contribution < -0.4 is 0 Å². The average molecular weight is 282 g/mol. The Bertz CT molecular complexity index is 591. The summed E-state index contributed by atoms with van der Waals surface area (Å²) in [7, 11) is 1.66. The van der Waals surface area contributed by atoms with Gasteiger partial charge in [0.15, 0.2) is 5.16 Å². The summed E-state index contributed by atoms with van der Waals surface area (Å²) < 4.78 is 7.15. The Balaban J connectivity index is 2.43. The Labute approximate surface area is 115 Å². The molecule has 18 heavy (non-hydrogen) atoms. The van der Waals surface area contributed by atoms with E-state index >= 15 is 0 Å². The van der Waals surface area contributed by atoms with Crippen molar-refractivity contribution in [2.45, 2.75) is 11.7 Å². The van der Waals surface area contributed by atoms with E-state index in [1.165, 1.54) is 11.8 Å². The summed E-state index contributed by atoms with van der Waals surface area (Å²) >= 11 is 7.38. The quantitative estimate of drug-likeness (QED) is 0.791. The fourth-order valence-corrected chi connectivity index (χ4v) is 2.55. The highest BCUT2D eigenvalue weighted by Crippen LogP contribution is 2.25. The van der Waals surface area contributed by atoms with Gasteiger partial charge < -0.3 is 9.30 Å². The predicted molar refractivity (Wildman–Crippen MR) is 73.0 cm³/mol. The van der Waals surface area contributed by atoms with Gasteiger partial charge in [0.05, 0.1) is 29.5 Å². The number of nitriles is 1. The van der Waals surface area contributed by atoms with Crippen molar-refractivity contribution in [3.63, 3.8) is 0 Å². The van der Waals surface area contributed by atoms with Gasteiger partial charge in [-0.15, -0.1) is 0 Å². The molecule has 0 spiro atoms. The van der Waals surface area contributed by atoms with Crippen molar-refractivity contribution in [1.29, 1.82) is 5.26 Å². The third-order valence-electron chi connectivity index (χ3n) is 2.46. The van der Waals surface area contributed by atoms with Gasteiger partial charge in [-0.1, -0.05) is 23.4 Å². The molecule has 0 fully saturated rings. The molecule has 0 amide bonds. The maximum absolute atomic E-state index is 8.66. The van der Waals surface area contributed by atoms with E-state index in [9.17, 15) is 0 Å². The van der Waals surface area contributed by atoms with E-state index in [2.05, 4.69) is 15.6 Å². The number of methoxy groups -OCH3 is 1. The molecule has 0 N–H and O–H groups in total. The van der Waals surface area contributed by atoms with Crippen LogP contribution in [0.15, 0.2) is 23.4 Å². The van der Waals surface area contributed by atoms with Crippen LogP contribution in [0.4, 0.5) is 0 Å². The zero-order chi connectivity index (χ0) is 13.0. The standard InChI is InChI=1S/C12H12ClN3OS/c1-17-6-5-16-11-3-2-9(13)8-10(11)15-12(16)18-7-4-14/h2-3,8H,5-7H2,1H3. The molecule has 1 heterocycles. The van der Waals surface area contributed by atoms with Crippen LogP contribution in [0.5, 0.6) is 0 Å². The molecule has 94 valence electrons. The molecule has 0 atom stereocenters. The zero-order valence-electron chi connectivity index (χ0n) is 9.89. The number of rotatable bonds is 5. The molecule has 0 saturated carbocycles. The van der Waals surface area contributed by atoms with E-state index in [-0.39, 0.29) is 0 Å². The minimum atomic E-state index is 0.379. The van der Waals surface area contributed by atoms with Crippen LogP contribution in [0.25, 0.3) is 11.0 Å². The van der Waals surface area contributed by atoms with Crippen molar-refractivity contribution in [3.8, 4) is 6.07 Å². The lowest BCUT2D eigenvalue weighted by atomic mass is 10.3. The predicted octanol–water partition coefficient (Wildman–Crippen LogP) is 2.95. The van der Waals surface area contributed by atoms with Crippen LogP contribution in [0.3, 0.4) is 0 Å². The summed E-state index contributed by atoms with van der Waals surface area (Å²) in [5.41, 5.74) is 1.86. The van der Waals surface area contributed by atoms with E-state index in [0.29, 0.717) is 23.9 Å². The molecule has 0 bridgehead atoms. The number of hydrogen-bond donors (Lipinski definition) is 0. The number of aromatic nitrogens is 2. The number of halogens is 1. The smallest absolute Gasteiger partial charge is 0.170 e. The summed E-state index contributed by atoms with van der Waals surface area (Å²) in [5, 5.41) is 10.1. The monoisotopic (exact) mass is 281 g/mol. The van der Waals surface area contributed by atoms with Crippen molar-refractivity contribution in [2.75, 3.05) is 19.5 Å². The van der Waals surface area contributed by atoms with E-state index < -0.39 is 0 Å². The largest absolute Gasteiger partial charge is 0.383 e. The van der Waals surface area contributed by atoms with Gasteiger partial charge in [-0.25, -0.2) is 4.98 Å². The molecule has 0 aliphatic rings. The molecule has 0 radical (unpaired) electrons. The van der Waals surface area contributed by atoms with Gasteiger partial charge >= 0.3 is 0 Å². The summed E-state index contributed by atoms with van der Waals surface area (Å²) in [6, 6.07) is 7.72. The molecule has 2 rings (SSSR count). The summed E-state index contributed by atoms with van der Waals surface area (Å²) in [6.45, 7) is 1.32. The lowest BCUT2D eigenvalue weighted by molar-refractivity contribution is 0.186. The molecule has 0 aliphatic heterocycles. The lowest BCUT2D eigenvalue weighted by Gasteiger charge is -2.06. The van der Waals surface area contributed by atoms with Gasteiger partial charge in [-0.05, 0) is 18.2 Å². The SMILES string of the molecule is COCCn1c(SCC#N)nc2cc(Cl)ccc21. The maximum Gasteiger partial charge on any atom is 0.170 e. The van der Waals surface area contributed by atoms with Crippen molar-refractivity contribution in [3.05, 3.63) is 23.2 Å². The van der Waals surface area contributed by atoms with Gasteiger partial charge in [-0.3, -0.25) is 0 Å². The van der Waals surface area contributed by atoms with Crippen molar-refractivity contribution < 1.29 is 4.74 Å². The average Bonchev–Trinajstić information content (AvgIpc) is 2.70. The number of fused-ring (bicyclic) bond motifs is 1. The second kappa shape index (κ2) is 6.10. The van der Waals surface area contributed by atoms with E-state index in [4.69, 9.17) is 21.6 Å². The van der Waals surface area contributed by atoms with Crippen molar-refractivity contribution in [1.82, 2.24) is 9.55 Å². The Morgan fingerprint density at radius 3 is 3.11 bits per heavy atom. The third-order valence-corrected chi connectivity index (χ3v) is 3.54. The normalized spacial score (nSPS) is 10.7. The number of nitrogens with zero attached hydrogens (tertiary/aromatic N) is 3. The van der Waals surface area contributed by atoms with Gasteiger partial charge in [-0.2, -0.15) is 5.26 Å². The molecule has 1 aromatic carbocycles. The van der Waals surface area contributed by atoms with Crippen LogP contribution in [-0.4, -0.2) is 29.0 Å². The summed E-state index contributed by atoms with van der Waals surface area (Å²) in [5.74, 6) is 0.379. The van der Waals surface area contributed by atoms with Crippen LogP contribution >= 0.6 is 23.4 Å². The summed E-state index contributed by atoms with van der Waals surface area (Å²) in [4.78, 5) is 4.50. The van der Waals surface area contributed by atoms with Gasteiger partial charge in [0.25, 0.3) is 0 Å². The first-order valence-electron chi connectivity index (χ1n) is 5.40. The second-order valence-corrected chi connectivity index (χ2v) is 5.00. The highest BCUT2D eigenvalue weighted by molar-refractivity contribution is 7.99. The molecular formula is C12H12ClN3OS. The van der Waals surface area contributed by atoms with Crippen molar-refractivity contribution in [2.24, 2.45) is 0 Å². The third kappa shape index (κ3) is 2.78. The Morgan fingerprint density at radius 2 is 2.39 bits per heavy atom. The molecule has 4 nitrogen and oxygen atoms in total. The number of hydrogen-bond acceptors (Lipinski definition) is 4. The van der Waals surface area contributed by atoms with Gasteiger partial charge in [0, 0.05) is 18.7 Å². The minimum Gasteiger partial charge on any atom is -0.383 e. The number of benzene rings is 1. The highest BCUT2D eigenvalue weighted by Gasteiger charge is 2.11. The van der Waals surface area contributed by atoms with E-state index in [0.717, 1.165) is 16.2 Å². The molecule has 2 aromatic rings. The fraction of sp³-hybridized carbons (Fsp3) is 0.333. The second-order valence-electron chi connectivity index (χ2n) is 3.62. The topological polar surface area (TPSA) is 50.8 Å². The molecule has 0 unspecified atom stereocenters. The van der Waals surface area contributed by atoms with Crippen molar-refractivity contribution >= 4 is 34.4 Å². The fourth-order valence-electron chi connectivity index (χ4n) is 1.69. The molecule has 1 aromatic heterocycles. The molecule has 6 heteroatoms. The first-order chi connectivity index (χ1) is 8.76. The highest BCUT2D eigenvalue weighted by atomic mass is 35.5. The number of ether oxygens (including phenoxy) is 1. The maximum atomic E-state index is 8.66. The lowest BCUT2D eigenvalue weighted by Crippen LogP contribution is -2.05. The molecule has 0 saturated heterocycles.